The van der Waals surface area contributed by atoms with Gasteiger partial charge in [-0.2, -0.15) is 5.26 Å². The van der Waals surface area contributed by atoms with E-state index in [1.165, 1.54) is 0 Å². The highest BCUT2D eigenvalue weighted by Crippen LogP contribution is 2.29. The molecule has 16 heavy (non-hydrogen) atoms. The number of carbonyl (C=O) groups excluding carboxylic acids is 1. The Morgan fingerprint density at radius 3 is 2.75 bits per heavy atom. The van der Waals surface area contributed by atoms with E-state index < -0.39 is 28.5 Å². The standard InChI is InChI=1S/C9H5ClF2N2O2/c1-16-9(15)6-4(8(11)12)3-14-5(2-13)7(6)10/h3,8H,1H3. The molecule has 0 bridgehead atoms. The van der Waals surface area contributed by atoms with Gasteiger partial charge in [-0.05, 0) is 0 Å². The fourth-order valence-electron chi connectivity index (χ4n) is 1.05. The molecule has 0 aliphatic carbocycles. The normalized spacial score (nSPS) is 10.0. The van der Waals surface area contributed by atoms with E-state index in [0.717, 1.165) is 13.3 Å². The quantitative estimate of drug-likeness (QED) is 0.752. The average molecular weight is 247 g/mol. The van der Waals surface area contributed by atoms with E-state index in [0.29, 0.717) is 0 Å². The molecule has 0 aliphatic rings. The number of pyridine rings is 1. The molecule has 1 aromatic heterocycles. The van der Waals surface area contributed by atoms with Crippen LogP contribution in [-0.2, 0) is 4.74 Å². The minimum Gasteiger partial charge on any atom is -0.465 e. The number of nitrogens with zero attached hydrogens (tertiary/aromatic N) is 2. The molecular weight excluding hydrogens is 242 g/mol. The summed E-state index contributed by atoms with van der Waals surface area (Å²) in [6.07, 6.45) is -2.19. The molecule has 0 saturated heterocycles. The van der Waals surface area contributed by atoms with E-state index in [9.17, 15) is 13.6 Å². The SMILES string of the molecule is COC(=O)c1c(C(F)F)cnc(C#N)c1Cl. The molecule has 0 saturated carbocycles. The van der Waals surface area contributed by atoms with E-state index in [1.807, 2.05) is 0 Å². The maximum absolute atomic E-state index is 12.6. The Morgan fingerprint density at radius 2 is 2.31 bits per heavy atom. The summed E-state index contributed by atoms with van der Waals surface area (Å²) in [5, 5.41) is 8.17. The zero-order valence-electron chi connectivity index (χ0n) is 8.00. The van der Waals surface area contributed by atoms with Crippen molar-refractivity contribution in [3.63, 3.8) is 0 Å². The maximum atomic E-state index is 12.6. The van der Waals surface area contributed by atoms with Crippen molar-refractivity contribution in [1.29, 1.82) is 5.26 Å². The van der Waals surface area contributed by atoms with Crippen LogP contribution in [0, 0.1) is 11.3 Å². The van der Waals surface area contributed by atoms with Gasteiger partial charge < -0.3 is 4.74 Å². The number of carbonyl (C=O) groups is 1. The summed E-state index contributed by atoms with van der Waals surface area (Å²) in [5.74, 6) is -1.03. The second-order valence-corrected chi connectivity index (χ2v) is 3.03. The van der Waals surface area contributed by atoms with Crippen molar-refractivity contribution in [2.75, 3.05) is 7.11 Å². The van der Waals surface area contributed by atoms with Crippen molar-refractivity contribution in [1.82, 2.24) is 4.98 Å². The first-order valence-electron chi connectivity index (χ1n) is 3.97. The van der Waals surface area contributed by atoms with Crippen LogP contribution >= 0.6 is 11.6 Å². The van der Waals surface area contributed by atoms with Gasteiger partial charge in [0.05, 0.1) is 23.3 Å². The minimum atomic E-state index is -2.92. The Labute approximate surface area is 94.4 Å². The van der Waals surface area contributed by atoms with Gasteiger partial charge in [-0.15, -0.1) is 0 Å². The Balaban J connectivity index is 3.50. The Hall–Kier alpha value is -1.74. The number of methoxy groups -OCH3 is 1. The van der Waals surface area contributed by atoms with Crippen molar-refractivity contribution in [3.8, 4) is 6.07 Å². The molecule has 1 heterocycles. The van der Waals surface area contributed by atoms with Crippen molar-refractivity contribution in [3.05, 3.63) is 28.0 Å². The molecule has 0 amide bonds. The van der Waals surface area contributed by atoms with Crippen molar-refractivity contribution < 1.29 is 18.3 Å². The predicted octanol–water partition coefficient (Wildman–Crippen LogP) is 2.33. The van der Waals surface area contributed by atoms with E-state index >= 15 is 0 Å². The lowest BCUT2D eigenvalue weighted by atomic mass is 10.1. The van der Waals surface area contributed by atoms with Crippen molar-refractivity contribution >= 4 is 17.6 Å². The van der Waals surface area contributed by atoms with Gasteiger partial charge in [0.2, 0.25) is 0 Å². The van der Waals surface area contributed by atoms with Crippen LogP contribution < -0.4 is 0 Å². The first-order valence-corrected chi connectivity index (χ1v) is 4.35. The highest BCUT2D eigenvalue weighted by Gasteiger charge is 2.25. The molecule has 0 aliphatic heterocycles. The van der Waals surface area contributed by atoms with Gasteiger partial charge in [0.1, 0.15) is 6.07 Å². The molecule has 4 nitrogen and oxygen atoms in total. The maximum Gasteiger partial charge on any atom is 0.340 e. The number of ether oxygens (including phenoxy) is 1. The number of alkyl halides is 2. The van der Waals surface area contributed by atoms with Gasteiger partial charge in [-0.1, -0.05) is 11.6 Å². The molecule has 84 valence electrons. The third kappa shape index (κ3) is 2.09. The van der Waals surface area contributed by atoms with Crippen LogP contribution in [0.4, 0.5) is 8.78 Å². The molecular formula is C9H5ClF2N2O2. The number of hydrogen-bond acceptors (Lipinski definition) is 4. The summed E-state index contributed by atoms with van der Waals surface area (Å²) in [5.41, 5.74) is -1.48. The van der Waals surface area contributed by atoms with Gasteiger partial charge in [-0.3, -0.25) is 0 Å². The van der Waals surface area contributed by atoms with Gasteiger partial charge in [0.15, 0.2) is 5.69 Å². The van der Waals surface area contributed by atoms with Crippen LogP contribution in [-0.4, -0.2) is 18.1 Å². The molecule has 1 rings (SSSR count). The van der Waals surface area contributed by atoms with E-state index in [-0.39, 0.29) is 5.69 Å². The zero-order valence-corrected chi connectivity index (χ0v) is 8.76. The molecule has 0 unspecified atom stereocenters. The summed E-state index contributed by atoms with van der Waals surface area (Å²) in [4.78, 5) is 14.7. The predicted molar refractivity (Wildman–Crippen MR) is 50.3 cm³/mol. The van der Waals surface area contributed by atoms with Crippen LogP contribution in [0.2, 0.25) is 5.02 Å². The fraction of sp³-hybridized carbons (Fsp3) is 0.222. The topological polar surface area (TPSA) is 63.0 Å². The minimum absolute atomic E-state index is 0.300. The van der Waals surface area contributed by atoms with E-state index in [2.05, 4.69) is 9.72 Å². The van der Waals surface area contributed by atoms with Gasteiger partial charge >= 0.3 is 5.97 Å². The van der Waals surface area contributed by atoms with E-state index in [1.54, 1.807) is 6.07 Å². The first-order chi connectivity index (χ1) is 7.52. The average Bonchev–Trinajstić information content (AvgIpc) is 2.27. The van der Waals surface area contributed by atoms with Crippen LogP contribution in [0.1, 0.15) is 28.0 Å². The van der Waals surface area contributed by atoms with Gasteiger partial charge in [-0.25, -0.2) is 18.6 Å². The lowest BCUT2D eigenvalue weighted by Gasteiger charge is -2.08. The molecule has 0 atom stereocenters. The lowest BCUT2D eigenvalue weighted by Crippen LogP contribution is -2.09. The second kappa shape index (κ2) is 4.86. The first kappa shape index (κ1) is 12.3. The highest BCUT2D eigenvalue weighted by molar-refractivity contribution is 6.34. The summed E-state index contributed by atoms with van der Waals surface area (Å²) in [7, 11) is 1.03. The largest absolute Gasteiger partial charge is 0.465 e. The zero-order chi connectivity index (χ0) is 12.3. The summed E-state index contributed by atoms with van der Waals surface area (Å²) in [6.45, 7) is 0. The van der Waals surface area contributed by atoms with E-state index in [4.69, 9.17) is 16.9 Å². The molecule has 0 radical (unpaired) electrons. The number of halogens is 3. The monoisotopic (exact) mass is 246 g/mol. The van der Waals surface area contributed by atoms with Crippen LogP contribution in [0.3, 0.4) is 0 Å². The molecule has 0 spiro atoms. The van der Waals surface area contributed by atoms with Crippen LogP contribution in [0.25, 0.3) is 0 Å². The molecule has 0 fully saturated rings. The summed E-state index contributed by atoms with van der Waals surface area (Å²) < 4.78 is 29.4. The second-order valence-electron chi connectivity index (χ2n) is 2.66. The molecule has 0 N–H and O–H groups in total. The number of aromatic nitrogens is 1. The third-order valence-electron chi connectivity index (χ3n) is 1.78. The molecule has 1 aromatic rings. The molecule has 0 aromatic carbocycles. The summed E-state index contributed by atoms with van der Waals surface area (Å²) >= 11 is 5.61. The van der Waals surface area contributed by atoms with Crippen LogP contribution in [0.5, 0.6) is 0 Å². The number of hydrogen-bond donors (Lipinski definition) is 0. The van der Waals surface area contributed by atoms with Gasteiger partial charge in [0.25, 0.3) is 6.43 Å². The van der Waals surface area contributed by atoms with Crippen molar-refractivity contribution in [2.24, 2.45) is 0 Å². The Morgan fingerprint density at radius 1 is 1.69 bits per heavy atom. The van der Waals surface area contributed by atoms with Gasteiger partial charge in [0, 0.05) is 6.20 Å². The molecule has 7 heteroatoms. The number of rotatable bonds is 2. The third-order valence-corrected chi connectivity index (χ3v) is 2.15. The Kier molecular flexibility index (Phi) is 3.74. The van der Waals surface area contributed by atoms with Crippen molar-refractivity contribution in [2.45, 2.75) is 6.43 Å². The lowest BCUT2D eigenvalue weighted by molar-refractivity contribution is 0.0589. The highest BCUT2D eigenvalue weighted by atomic mass is 35.5. The van der Waals surface area contributed by atoms with Crippen LogP contribution in [0.15, 0.2) is 6.20 Å². The smallest absolute Gasteiger partial charge is 0.340 e. The Bertz CT molecular complexity index is 471. The fourth-order valence-corrected chi connectivity index (χ4v) is 1.33. The number of esters is 1. The summed E-state index contributed by atoms with van der Waals surface area (Å²) in [6, 6.07) is 1.59. The number of nitriles is 1.